The lowest BCUT2D eigenvalue weighted by molar-refractivity contribution is -0.383. The second-order valence-corrected chi connectivity index (χ2v) is 5.71. The van der Waals surface area contributed by atoms with E-state index in [1.807, 2.05) is 0 Å². The van der Waals surface area contributed by atoms with Crippen molar-refractivity contribution in [2.75, 3.05) is 0 Å². The molecule has 0 amide bonds. The predicted octanol–water partition coefficient (Wildman–Crippen LogP) is 5.17. The number of ether oxygens (including phenoxy) is 1. The number of hydrogen-bond acceptors (Lipinski definition) is 5. The number of fused-ring (bicyclic) bond motifs is 1. The maximum Gasteiger partial charge on any atom is 0.450 e. The van der Waals surface area contributed by atoms with E-state index in [0.29, 0.717) is 0 Å². The Kier molecular flexibility index (Phi) is 4.88. The molecule has 0 bridgehead atoms. The number of carbonyl (C=O) groups excluding carboxylic acids is 1. The Bertz CT molecular complexity index is 1150. The number of benzene rings is 2. The van der Waals surface area contributed by atoms with Crippen molar-refractivity contribution in [3.63, 3.8) is 0 Å². The van der Waals surface area contributed by atoms with E-state index < -0.39 is 63.0 Å². The highest BCUT2D eigenvalue weighted by molar-refractivity contribution is 5.93. The van der Waals surface area contributed by atoms with Crippen molar-refractivity contribution < 1.29 is 45.2 Å². The van der Waals surface area contributed by atoms with Gasteiger partial charge in [0.2, 0.25) is 5.82 Å². The maximum absolute atomic E-state index is 13.4. The van der Waals surface area contributed by atoms with Gasteiger partial charge in [0.15, 0.2) is 5.52 Å². The van der Waals surface area contributed by atoms with Crippen molar-refractivity contribution in [1.29, 1.82) is 0 Å². The number of imidazole rings is 1. The van der Waals surface area contributed by atoms with Crippen molar-refractivity contribution in [3.8, 4) is 5.75 Å². The van der Waals surface area contributed by atoms with Crippen molar-refractivity contribution in [1.82, 2.24) is 9.55 Å². The van der Waals surface area contributed by atoms with Crippen LogP contribution in [0, 0.1) is 15.9 Å². The number of carbonyl (C=O) groups is 1. The summed E-state index contributed by atoms with van der Waals surface area (Å²) >= 11 is 0. The van der Waals surface area contributed by atoms with E-state index in [9.17, 15) is 45.6 Å². The van der Waals surface area contributed by atoms with Crippen LogP contribution in [-0.4, -0.2) is 20.6 Å². The molecule has 30 heavy (non-hydrogen) atoms. The van der Waals surface area contributed by atoms with E-state index in [4.69, 9.17) is 0 Å². The van der Waals surface area contributed by atoms with Gasteiger partial charge in [-0.1, -0.05) is 0 Å². The molecule has 1 heterocycles. The van der Waals surface area contributed by atoms with E-state index in [1.54, 1.807) is 0 Å². The van der Waals surface area contributed by atoms with Crippen LogP contribution in [0.2, 0.25) is 0 Å². The second-order valence-electron chi connectivity index (χ2n) is 5.71. The van der Waals surface area contributed by atoms with Crippen molar-refractivity contribution in [2.45, 2.75) is 12.4 Å². The highest BCUT2D eigenvalue weighted by Crippen LogP contribution is 2.39. The minimum Gasteiger partial charge on any atom is -0.410 e. The Labute approximate surface area is 160 Å². The molecule has 0 saturated heterocycles. The van der Waals surface area contributed by atoms with Crippen LogP contribution in [0.3, 0.4) is 0 Å². The van der Waals surface area contributed by atoms with E-state index >= 15 is 0 Å². The minimum atomic E-state index is -5.38. The normalized spacial score (nSPS) is 12.2. The van der Waals surface area contributed by atoms with E-state index in [2.05, 4.69) is 9.72 Å². The first-order chi connectivity index (χ1) is 13.8. The number of nitro benzene ring substituents is 1. The highest BCUT2D eigenvalue weighted by Gasteiger charge is 2.43. The highest BCUT2D eigenvalue weighted by atomic mass is 19.4. The van der Waals surface area contributed by atoms with E-state index in [0.717, 1.165) is 24.3 Å². The van der Waals surface area contributed by atoms with Gasteiger partial charge in [0, 0.05) is 6.07 Å². The zero-order chi connectivity index (χ0) is 22.4. The van der Waals surface area contributed by atoms with Crippen LogP contribution in [0.5, 0.6) is 5.75 Å². The molecule has 0 fully saturated rings. The van der Waals surface area contributed by atoms with Gasteiger partial charge in [-0.05, 0) is 30.3 Å². The molecular formula is C16H6F7N3O4. The zero-order valence-corrected chi connectivity index (χ0v) is 14.1. The van der Waals surface area contributed by atoms with Crippen LogP contribution in [0.25, 0.3) is 11.0 Å². The zero-order valence-electron chi connectivity index (χ0n) is 14.1. The Morgan fingerprint density at radius 2 is 1.63 bits per heavy atom. The molecular weight excluding hydrogens is 431 g/mol. The number of nitro groups is 1. The molecule has 0 spiro atoms. The molecule has 3 aromatic rings. The molecule has 2 aromatic carbocycles. The Hall–Kier alpha value is -3.71. The molecule has 14 heteroatoms. The number of aromatic nitrogens is 2. The van der Waals surface area contributed by atoms with Crippen LogP contribution in [0.15, 0.2) is 36.4 Å². The summed E-state index contributed by atoms with van der Waals surface area (Å²) < 4.78 is 96.6. The molecule has 158 valence electrons. The summed E-state index contributed by atoms with van der Waals surface area (Å²) in [4.78, 5) is 25.1. The van der Waals surface area contributed by atoms with Crippen LogP contribution >= 0.6 is 0 Å². The fraction of sp³-hybridized carbons (Fsp3) is 0.125. The van der Waals surface area contributed by atoms with Crippen molar-refractivity contribution >= 4 is 22.8 Å². The van der Waals surface area contributed by atoms with Crippen LogP contribution < -0.4 is 4.74 Å². The first-order valence-electron chi connectivity index (χ1n) is 7.62. The number of alkyl halides is 6. The van der Waals surface area contributed by atoms with Gasteiger partial charge in [-0.3, -0.25) is 10.1 Å². The van der Waals surface area contributed by atoms with E-state index in [1.165, 1.54) is 0 Å². The fourth-order valence-electron chi connectivity index (χ4n) is 2.49. The average molecular weight is 437 g/mol. The lowest BCUT2D eigenvalue weighted by Gasteiger charge is -2.11. The monoisotopic (exact) mass is 437 g/mol. The predicted molar refractivity (Wildman–Crippen MR) is 84.2 cm³/mol. The lowest BCUT2D eigenvalue weighted by atomic mass is 10.1. The molecule has 0 N–H and O–H groups in total. The molecule has 7 nitrogen and oxygen atoms in total. The molecule has 3 rings (SSSR count). The summed E-state index contributed by atoms with van der Waals surface area (Å²) in [7, 11) is 0. The third-order valence-corrected chi connectivity index (χ3v) is 3.72. The summed E-state index contributed by atoms with van der Waals surface area (Å²) in [6.45, 7) is 0. The summed E-state index contributed by atoms with van der Waals surface area (Å²) in [5.41, 5.74) is -5.31. The Morgan fingerprint density at radius 3 is 2.13 bits per heavy atom. The van der Waals surface area contributed by atoms with Gasteiger partial charge in [-0.2, -0.15) is 26.3 Å². The second kappa shape index (κ2) is 6.96. The Balaban J connectivity index is 2.29. The number of non-ortho nitro benzene ring substituents is 1. The summed E-state index contributed by atoms with van der Waals surface area (Å²) in [5.74, 6) is -3.23. The average Bonchev–Trinajstić information content (AvgIpc) is 3.02. The molecule has 0 unspecified atom stereocenters. The van der Waals surface area contributed by atoms with Crippen molar-refractivity contribution in [3.05, 3.63) is 63.7 Å². The number of halogens is 7. The summed E-state index contributed by atoms with van der Waals surface area (Å²) in [6, 6.07) is 3.49. The van der Waals surface area contributed by atoms with Crippen molar-refractivity contribution in [2.24, 2.45) is 0 Å². The smallest absolute Gasteiger partial charge is 0.410 e. The molecule has 1 aromatic heterocycles. The van der Waals surface area contributed by atoms with Gasteiger partial charge < -0.3 is 4.74 Å². The first-order valence-corrected chi connectivity index (χ1v) is 7.62. The molecule has 0 atom stereocenters. The molecule has 0 aliphatic heterocycles. The molecule has 0 aliphatic rings. The maximum atomic E-state index is 13.4. The molecule has 0 radical (unpaired) electrons. The third-order valence-electron chi connectivity index (χ3n) is 3.72. The quantitative estimate of drug-likeness (QED) is 0.314. The lowest BCUT2D eigenvalue weighted by Crippen LogP contribution is -2.24. The van der Waals surface area contributed by atoms with Gasteiger partial charge >= 0.3 is 18.4 Å². The third kappa shape index (κ3) is 3.88. The molecule has 0 saturated carbocycles. The topological polar surface area (TPSA) is 87.3 Å². The van der Waals surface area contributed by atoms with E-state index in [-0.39, 0.29) is 16.7 Å². The first kappa shape index (κ1) is 21.0. The van der Waals surface area contributed by atoms with Gasteiger partial charge in [0.1, 0.15) is 11.6 Å². The number of hydrogen-bond donors (Lipinski definition) is 0. The number of nitrogens with zero attached hydrogens (tertiary/aromatic N) is 3. The summed E-state index contributed by atoms with van der Waals surface area (Å²) in [5, 5.41) is 11.1. The minimum absolute atomic E-state index is 0.00509. The van der Waals surface area contributed by atoms with Gasteiger partial charge in [0.05, 0.1) is 16.0 Å². The number of rotatable bonds is 2. The SMILES string of the molecule is O=C(Oc1ccc(F)cc1)n1c(C(F)(F)F)nc2c([N+](=O)[O-])cc(C(F)(F)F)cc21. The standard InChI is InChI=1S/C16H6F7N3O4/c17-8-1-3-9(4-2-8)30-14(27)25-10-5-7(15(18,19)20)6-11(26(28)29)12(10)24-13(25)16(21,22)23/h1-6H. The Morgan fingerprint density at radius 1 is 1.03 bits per heavy atom. The van der Waals surface area contributed by atoms with Gasteiger partial charge in [0.25, 0.3) is 5.69 Å². The fourth-order valence-corrected chi connectivity index (χ4v) is 2.49. The largest absolute Gasteiger partial charge is 0.450 e. The van der Waals surface area contributed by atoms with Crippen LogP contribution in [0.4, 0.5) is 41.2 Å². The van der Waals surface area contributed by atoms with Crippen LogP contribution in [0.1, 0.15) is 11.4 Å². The molecule has 0 aliphatic carbocycles. The van der Waals surface area contributed by atoms with Gasteiger partial charge in [-0.15, -0.1) is 0 Å². The summed E-state index contributed by atoms with van der Waals surface area (Å²) in [6.07, 6.45) is -12.4. The van der Waals surface area contributed by atoms with Gasteiger partial charge in [-0.25, -0.2) is 18.7 Å². The van der Waals surface area contributed by atoms with Crippen LogP contribution in [-0.2, 0) is 12.4 Å².